The second-order valence-electron chi connectivity index (χ2n) is 4.20. The van der Waals surface area contributed by atoms with E-state index in [-0.39, 0.29) is 0 Å². The molecule has 0 aliphatic heterocycles. The minimum Gasteiger partial charge on any atom is -0.0876 e. The first kappa shape index (κ1) is 10.1. The molecule has 0 amide bonds. The maximum absolute atomic E-state index is 2.20. The summed E-state index contributed by atoms with van der Waals surface area (Å²) in [5.41, 5.74) is 6.70. The SMILES string of the molecule is C/C=C/C=C1c2ccccc2-c2ccccc21. The average molecular weight is 218 g/mol. The third-order valence-electron chi connectivity index (χ3n) is 3.18. The number of fused-ring (bicyclic) bond motifs is 3. The quantitative estimate of drug-likeness (QED) is 0.556. The van der Waals surface area contributed by atoms with Crippen molar-refractivity contribution in [2.75, 3.05) is 0 Å². The van der Waals surface area contributed by atoms with E-state index in [0.29, 0.717) is 0 Å². The molecule has 17 heavy (non-hydrogen) atoms. The highest BCUT2D eigenvalue weighted by Crippen LogP contribution is 2.43. The van der Waals surface area contributed by atoms with Gasteiger partial charge in [0.1, 0.15) is 0 Å². The van der Waals surface area contributed by atoms with Crippen molar-refractivity contribution in [1.82, 2.24) is 0 Å². The van der Waals surface area contributed by atoms with Crippen LogP contribution in [0.3, 0.4) is 0 Å². The molecule has 0 spiro atoms. The predicted molar refractivity (Wildman–Crippen MR) is 73.8 cm³/mol. The van der Waals surface area contributed by atoms with E-state index in [1.807, 2.05) is 6.92 Å². The summed E-state index contributed by atoms with van der Waals surface area (Å²) in [4.78, 5) is 0. The number of allylic oxidation sites excluding steroid dienone is 3. The van der Waals surface area contributed by atoms with Crippen LogP contribution < -0.4 is 0 Å². The van der Waals surface area contributed by atoms with Crippen LogP contribution in [0.1, 0.15) is 18.1 Å². The van der Waals surface area contributed by atoms with Crippen LogP contribution in [0.25, 0.3) is 16.7 Å². The molecule has 0 saturated carbocycles. The molecule has 0 unspecified atom stereocenters. The molecule has 0 bridgehead atoms. The molecule has 1 aliphatic rings. The summed E-state index contributed by atoms with van der Waals surface area (Å²) >= 11 is 0. The van der Waals surface area contributed by atoms with Gasteiger partial charge in [0.15, 0.2) is 0 Å². The van der Waals surface area contributed by atoms with Crippen LogP contribution in [0.5, 0.6) is 0 Å². The number of hydrogen-bond donors (Lipinski definition) is 0. The van der Waals surface area contributed by atoms with Crippen LogP contribution in [-0.4, -0.2) is 0 Å². The Morgan fingerprint density at radius 3 is 1.65 bits per heavy atom. The van der Waals surface area contributed by atoms with Crippen LogP contribution in [0, 0.1) is 0 Å². The Kier molecular flexibility index (Phi) is 2.41. The fourth-order valence-electron chi connectivity index (χ4n) is 2.42. The Hall–Kier alpha value is -2.08. The second-order valence-corrected chi connectivity index (χ2v) is 4.20. The number of rotatable bonds is 1. The fraction of sp³-hybridized carbons (Fsp3) is 0.0588. The first-order chi connectivity index (χ1) is 8.42. The maximum atomic E-state index is 2.20. The van der Waals surface area contributed by atoms with E-state index in [1.54, 1.807) is 0 Å². The van der Waals surface area contributed by atoms with E-state index >= 15 is 0 Å². The van der Waals surface area contributed by atoms with Crippen molar-refractivity contribution in [2.45, 2.75) is 6.92 Å². The van der Waals surface area contributed by atoms with Gasteiger partial charge in [-0.25, -0.2) is 0 Å². The molecule has 0 radical (unpaired) electrons. The lowest BCUT2D eigenvalue weighted by molar-refractivity contribution is 1.65. The van der Waals surface area contributed by atoms with Crippen LogP contribution in [0.2, 0.25) is 0 Å². The highest BCUT2D eigenvalue weighted by atomic mass is 14.2. The highest BCUT2D eigenvalue weighted by Gasteiger charge is 2.21. The third-order valence-corrected chi connectivity index (χ3v) is 3.18. The van der Waals surface area contributed by atoms with Crippen molar-refractivity contribution in [1.29, 1.82) is 0 Å². The minimum atomic E-state index is 1.33. The molecule has 82 valence electrons. The molecule has 2 aromatic carbocycles. The Balaban J connectivity index is 2.31. The van der Waals surface area contributed by atoms with Gasteiger partial charge < -0.3 is 0 Å². The lowest BCUT2D eigenvalue weighted by Gasteiger charge is -2.00. The molecule has 0 atom stereocenters. The van der Waals surface area contributed by atoms with Gasteiger partial charge in [0, 0.05) is 0 Å². The maximum Gasteiger partial charge on any atom is -0.00990 e. The molecular formula is C17H14. The van der Waals surface area contributed by atoms with Crippen molar-refractivity contribution in [2.24, 2.45) is 0 Å². The van der Waals surface area contributed by atoms with E-state index in [2.05, 4.69) is 66.8 Å². The zero-order chi connectivity index (χ0) is 11.7. The zero-order valence-corrected chi connectivity index (χ0v) is 9.85. The van der Waals surface area contributed by atoms with Gasteiger partial charge in [-0.15, -0.1) is 0 Å². The largest absolute Gasteiger partial charge is 0.0876 e. The Bertz CT molecular complexity index is 568. The van der Waals surface area contributed by atoms with Gasteiger partial charge in [-0.1, -0.05) is 66.8 Å². The van der Waals surface area contributed by atoms with Gasteiger partial charge in [0.05, 0.1) is 0 Å². The normalized spacial score (nSPS) is 12.6. The predicted octanol–water partition coefficient (Wildman–Crippen LogP) is 4.67. The van der Waals surface area contributed by atoms with E-state index in [9.17, 15) is 0 Å². The molecule has 0 heteroatoms. The molecule has 0 nitrogen and oxygen atoms in total. The fourth-order valence-corrected chi connectivity index (χ4v) is 2.42. The zero-order valence-electron chi connectivity index (χ0n) is 9.85. The van der Waals surface area contributed by atoms with Crippen LogP contribution in [0.15, 0.2) is 66.8 Å². The van der Waals surface area contributed by atoms with Crippen LogP contribution >= 0.6 is 0 Å². The molecule has 0 N–H and O–H groups in total. The average Bonchev–Trinajstić information content (AvgIpc) is 2.71. The van der Waals surface area contributed by atoms with Gasteiger partial charge in [-0.05, 0) is 34.8 Å². The number of benzene rings is 2. The van der Waals surface area contributed by atoms with Crippen molar-refractivity contribution < 1.29 is 0 Å². The summed E-state index contributed by atoms with van der Waals surface area (Å²) in [6, 6.07) is 17.2. The second kappa shape index (κ2) is 4.06. The topological polar surface area (TPSA) is 0 Å². The summed E-state index contributed by atoms with van der Waals surface area (Å²) in [6.45, 7) is 2.05. The van der Waals surface area contributed by atoms with E-state index in [1.165, 1.54) is 27.8 Å². The van der Waals surface area contributed by atoms with E-state index in [0.717, 1.165) is 0 Å². The summed E-state index contributed by atoms with van der Waals surface area (Å²) in [5, 5.41) is 0. The standard InChI is InChI=1S/C17H14/c1-2-3-8-13-14-9-4-6-11-16(14)17-12-7-5-10-15(13)17/h2-12H,1H3/b3-2+. The van der Waals surface area contributed by atoms with Gasteiger partial charge in [0.25, 0.3) is 0 Å². The summed E-state index contributed by atoms with van der Waals surface area (Å²) < 4.78 is 0. The molecule has 0 heterocycles. The Morgan fingerprint density at radius 2 is 1.18 bits per heavy atom. The van der Waals surface area contributed by atoms with Crippen LogP contribution in [0.4, 0.5) is 0 Å². The monoisotopic (exact) mass is 218 g/mol. The first-order valence-electron chi connectivity index (χ1n) is 5.94. The van der Waals surface area contributed by atoms with Crippen LogP contribution in [-0.2, 0) is 0 Å². The van der Waals surface area contributed by atoms with Crippen molar-refractivity contribution in [3.63, 3.8) is 0 Å². The van der Waals surface area contributed by atoms with Crippen molar-refractivity contribution >= 4 is 5.57 Å². The molecule has 3 rings (SSSR count). The summed E-state index contributed by atoms with van der Waals surface area (Å²) in [6.07, 6.45) is 6.37. The molecule has 0 saturated heterocycles. The van der Waals surface area contributed by atoms with Crippen molar-refractivity contribution in [3.8, 4) is 11.1 Å². The lowest BCUT2D eigenvalue weighted by atomic mass is 10.0. The molecule has 0 aromatic heterocycles. The first-order valence-corrected chi connectivity index (χ1v) is 5.94. The molecular weight excluding hydrogens is 204 g/mol. The lowest BCUT2D eigenvalue weighted by Crippen LogP contribution is -1.79. The van der Waals surface area contributed by atoms with Gasteiger partial charge >= 0.3 is 0 Å². The van der Waals surface area contributed by atoms with Crippen molar-refractivity contribution in [3.05, 3.63) is 77.9 Å². The van der Waals surface area contributed by atoms with Gasteiger partial charge in [-0.3, -0.25) is 0 Å². The minimum absolute atomic E-state index is 1.33. The van der Waals surface area contributed by atoms with Gasteiger partial charge in [0.2, 0.25) is 0 Å². The summed E-state index contributed by atoms with van der Waals surface area (Å²) in [7, 11) is 0. The van der Waals surface area contributed by atoms with E-state index in [4.69, 9.17) is 0 Å². The Labute approximate surface area is 102 Å². The smallest absolute Gasteiger partial charge is 0.00990 e. The number of hydrogen-bond acceptors (Lipinski definition) is 0. The molecule has 2 aromatic rings. The highest BCUT2D eigenvalue weighted by molar-refractivity contribution is 6.01. The Morgan fingerprint density at radius 1 is 0.706 bits per heavy atom. The van der Waals surface area contributed by atoms with E-state index < -0.39 is 0 Å². The summed E-state index contributed by atoms with van der Waals surface area (Å²) in [5.74, 6) is 0. The molecule has 1 aliphatic carbocycles. The third kappa shape index (κ3) is 1.53. The van der Waals surface area contributed by atoms with Gasteiger partial charge in [-0.2, -0.15) is 0 Å². The molecule has 0 fully saturated rings.